The van der Waals surface area contributed by atoms with E-state index in [9.17, 15) is 19.2 Å². The number of fused-ring (bicyclic) bond motifs is 1. The van der Waals surface area contributed by atoms with Crippen LogP contribution < -0.4 is 21.7 Å². The average molecular weight is 480 g/mol. The molecule has 2 aromatic carbocycles. The highest BCUT2D eigenvalue weighted by atomic mass is 16.5. The quantitative estimate of drug-likeness (QED) is 0.426. The summed E-state index contributed by atoms with van der Waals surface area (Å²) in [6, 6.07) is 14.8. The van der Waals surface area contributed by atoms with Crippen molar-refractivity contribution in [2.45, 2.75) is 46.4 Å². The van der Waals surface area contributed by atoms with Crippen LogP contribution in [0.4, 0.5) is 4.79 Å². The number of hydrazine groups is 1. The third kappa shape index (κ3) is 6.44. The monoisotopic (exact) mass is 479 g/mol. The summed E-state index contributed by atoms with van der Waals surface area (Å²) in [6.45, 7) is 5.80. The molecule has 0 bridgehead atoms. The van der Waals surface area contributed by atoms with Gasteiger partial charge in [0.05, 0.1) is 5.39 Å². The Morgan fingerprint density at radius 2 is 1.63 bits per heavy atom. The van der Waals surface area contributed by atoms with E-state index >= 15 is 0 Å². The van der Waals surface area contributed by atoms with Crippen molar-refractivity contribution in [3.8, 4) is 0 Å². The number of carbonyl (C=O) groups is 3. The summed E-state index contributed by atoms with van der Waals surface area (Å²) in [4.78, 5) is 50.5. The fraction of sp³-hybridized carbons (Fsp3) is 0.320. The molecule has 0 aliphatic carbocycles. The normalized spacial score (nSPS) is 11.7. The van der Waals surface area contributed by atoms with Gasteiger partial charge in [0.15, 0.2) is 5.69 Å². The highest BCUT2D eigenvalue weighted by Crippen LogP contribution is 2.13. The molecule has 3 amide bonds. The Balaban J connectivity index is 1.67. The molecule has 10 nitrogen and oxygen atoms in total. The van der Waals surface area contributed by atoms with Crippen LogP contribution in [0.3, 0.4) is 0 Å². The Kier molecular flexibility index (Phi) is 8.55. The minimum Gasteiger partial charge on any atom is -0.445 e. The lowest BCUT2D eigenvalue weighted by atomic mass is 10.0. The third-order valence-corrected chi connectivity index (χ3v) is 5.25. The number of ether oxygens (including phenoxy) is 1. The predicted molar refractivity (Wildman–Crippen MR) is 130 cm³/mol. The van der Waals surface area contributed by atoms with Crippen molar-refractivity contribution in [2.24, 2.45) is 5.92 Å². The van der Waals surface area contributed by atoms with Crippen LogP contribution in [0.1, 0.15) is 43.2 Å². The molecule has 3 aromatic rings. The lowest BCUT2D eigenvalue weighted by Crippen LogP contribution is -2.54. The molecular formula is C25H29N5O5. The number of benzene rings is 2. The first-order valence-electron chi connectivity index (χ1n) is 11.4. The fourth-order valence-corrected chi connectivity index (χ4v) is 3.45. The minimum absolute atomic E-state index is 0.00489. The van der Waals surface area contributed by atoms with Gasteiger partial charge in [0.25, 0.3) is 17.4 Å². The molecule has 10 heteroatoms. The van der Waals surface area contributed by atoms with Crippen molar-refractivity contribution in [1.82, 2.24) is 25.9 Å². The van der Waals surface area contributed by atoms with E-state index in [0.717, 1.165) is 5.56 Å². The Morgan fingerprint density at radius 1 is 0.971 bits per heavy atom. The standard InChI is InChI=1S/C25H29N5O5/c1-4-14-30-24(33)19-13-9-8-12-18(19)21(29-30)23(32)28-27-22(31)20(16(2)3)26-25(34)35-15-17-10-6-5-7-11-17/h5-13,16,20H,4,14-15H2,1-3H3,(H,26,34)(H,27,31)(H,28,32). The Morgan fingerprint density at radius 3 is 2.29 bits per heavy atom. The average Bonchev–Trinajstić information content (AvgIpc) is 2.86. The van der Waals surface area contributed by atoms with Crippen LogP contribution in [-0.4, -0.2) is 33.7 Å². The number of nitrogens with zero attached hydrogens (tertiary/aromatic N) is 2. The predicted octanol–water partition coefficient (Wildman–Crippen LogP) is 2.52. The van der Waals surface area contributed by atoms with Crippen molar-refractivity contribution < 1.29 is 19.1 Å². The lowest BCUT2D eigenvalue weighted by molar-refractivity contribution is -0.124. The summed E-state index contributed by atoms with van der Waals surface area (Å²) >= 11 is 0. The second kappa shape index (κ2) is 11.8. The number of carbonyl (C=O) groups excluding carboxylic acids is 3. The molecule has 1 aromatic heterocycles. The number of aromatic nitrogens is 2. The van der Waals surface area contributed by atoms with Gasteiger partial charge >= 0.3 is 6.09 Å². The van der Waals surface area contributed by atoms with E-state index < -0.39 is 23.9 Å². The number of alkyl carbamates (subject to hydrolysis) is 1. The third-order valence-electron chi connectivity index (χ3n) is 5.25. The number of hydrogen-bond donors (Lipinski definition) is 3. The van der Waals surface area contributed by atoms with Crippen molar-refractivity contribution in [2.75, 3.05) is 0 Å². The number of amides is 3. The molecule has 0 aliphatic rings. The van der Waals surface area contributed by atoms with Crippen molar-refractivity contribution in [3.63, 3.8) is 0 Å². The first-order chi connectivity index (χ1) is 16.8. The molecule has 0 saturated heterocycles. The van der Waals surface area contributed by atoms with E-state index in [1.807, 2.05) is 37.3 Å². The van der Waals surface area contributed by atoms with Crippen molar-refractivity contribution >= 4 is 28.7 Å². The molecule has 1 unspecified atom stereocenters. The maximum absolute atomic E-state index is 12.9. The molecule has 0 spiro atoms. The van der Waals surface area contributed by atoms with Crippen LogP contribution >= 0.6 is 0 Å². The summed E-state index contributed by atoms with van der Waals surface area (Å²) in [7, 11) is 0. The zero-order chi connectivity index (χ0) is 25.4. The van der Waals surface area contributed by atoms with Gasteiger partial charge in [0, 0.05) is 11.9 Å². The van der Waals surface area contributed by atoms with E-state index in [2.05, 4.69) is 21.3 Å². The summed E-state index contributed by atoms with van der Waals surface area (Å²) in [5.41, 5.74) is 5.20. The number of nitrogens with one attached hydrogen (secondary N) is 3. The van der Waals surface area contributed by atoms with Gasteiger partial charge in [0.2, 0.25) is 0 Å². The van der Waals surface area contributed by atoms with Crippen LogP contribution in [-0.2, 0) is 22.7 Å². The van der Waals surface area contributed by atoms with Gasteiger partial charge in [-0.05, 0) is 24.0 Å². The van der Waals surface area contributed by atoms with E-state index in [1.54, 1.807) is 38.1 Å². The van der Waals surface area contributed by atoms with Gasteiger partial charge in [-0.2, -0.15) is 5.10 Å². The summed E-state index contributed by atoms with van der Waals surface area (Å²) in [5.74, 6) is -1.61. The van der Waals surface area contributed by atoms with Crippen LogP contribution in [0.5, 0.6) is 0 Å². The van der Waals surface area contributed by atoms with Crippen LogP contribution in [0.15, 0.2) is 59.4 Å². The van der Waals surface area contributed by atoms with Crippen LogP contribution in [0.25, 0.3) is 10.8 Å². The smallest absolute Gasteiger partial charge is 0.408 e. The Hall–Kier alpha value is -4.21. The van der Waals surface area contributed by atoms with Crippen LogP contribution in [0, 0.1) is 5.92 Å². The number of aryl methyl sites for hydroxylation is 1. The molecule has 0 fully saturated rings. The second-order valence-corrected chi connectivity index (χ2v) is 8.29. The molecule has 0 aliphatic heterocycles. The molecule has 3 rings (SSSR count). The highest BCUT2D eigenvalue weighted by molar-refractivity contribution is 6.05. The molecular weight excluding hydrogens is 450 g/mol. The van der Waals surface area contributed by atoms with Gasteiger partial charge < -0.3 is 10.1 Å². The SMILES string of the molecule is CCCn1nc(C(=O)NNC(=O)C(NC(=O)OCc2ccccc2)C(C)C)c2ccccc2c1=O. The molecule has 0 saturated carbocycles. The van der Waals surface area contributed by atoms with Crippen molar-refractivity contribution in [1.29, 1.82) is 0 Å². The number of hydrogen-bond acceptors (Lipinski definition) is 6. The van der Waals surface area contributed by atoms with Gasteiger partial charge in [-0.15, -0.1) is 0 Å². The molecule has 1 atom stereocenters. The zero-order valence-corrected chi connectivity index (χ0v) is 19.9. The molecule has 1 heterocycles. The number of rotatable bonds is 8. The first kappa shape index (κ1) is 25.4. The lowest BCUT2D eigenvalue weighted by Gasteiger charge is -2.21. The molecule has 184 valence electrons. The largest absolute Gasteiger partial charge is 0.445 e. The topological polar surface area (TPSA) is 131 Å². The second-order valence-electron chi connectivity index (χ2n) is 8.29. The molecule has 3 N–H and O–H groups in total. The highest BCUT2D eigenvalue weighted by Gasteiger charge is 2.26. The summed E-state index contributed by atoms with van der Waals surface area (Å²) in [5, 5.41) is 7.46. The van der Waals surface area contributed by atoms with E-state index in [0.29, 0.717) is 23.7 Å². The summed E-state index contributed by atoms with van der Waals surface area (Å²) in [6.07, 6.45) is -0.0983. The van der Waals surface area contributed by atoms with E-state index in [4.69, 9.17) is 4.74 Å². The van der Waals surface area contributed by atoms with E-state index in [-0.39, 0.29) is 23.8 Å². The Labute approximate surface area is 202 Å². The maximum atomic E-state index is 12.9. The van der Waals surface area contributed by atoms with Gasteiger partial charge in [0.1, 0.15) is 12.6 Å². The van der Waals surface area contributed by atoms with Gasteiger partial charge in [-0.1, -0.05) is 69.3 Å². The molecule has 0 radical (unpaired) electrons. The maximum Gasteiger partial charge on any atom is 0.408 e. The first-order valence-corrected chi connectivity index (χ1v) is 11.4. The fourth-order valence-electron chi connectivity index (χ4n) is 3.45. The Bertz CT molecular complexity index is 1260. The van der Waals surface area contributed by atoms with Crippen LogP contribution in [0.2, 0.25) is 0 Å². The van der Waals surface area contributed by atoms with E-state index in [1.165, 1.54) is 4.68 Å². The van der Waals surface area contributed by atoms with Gasteiger partial charge in [-0.3, -0.25) is 25.2 Å². The summed E-state index contributed by atoms with van der Waals surface area (Å²) < 4.78 is 6.43. The van der Waals surface area contributed by atoms with Gasteiger partial charge in [-0.25, -0.2) is 9.48 Å². The minimum atomic E-state index is -0.961. The molecule has 35 heavy (non-hydrogen) atoms. The van der Waals surface area contributed by atoms with Crippen molar-refractivity contribution in [3.05, 3.63) is 76.2 Å². The zero-order valence-electron chi connectivity index (χ0n) is 19.9.